The molecular formula is C13H9F11N2O4S. The highest BCUT2D eigenvalue weighted by molar-refractivity contribution is 7.89. The lowest BCUT2D eigenvalue weighted by molar-refractivity contribution is -0.473. The molecule has 0 bridgehead atoms. The molecule has 2 N–H and O–H groups in total. The van der Waals surface area contributed by atoms with E-state index < -0.39 is 51.1 Å². The van der Waals surface area contributed by atoms with Crippen molar-refractivity contribution in [3.05, 3.63) is 29.8 Å². The van der Waals surface area contributed by atoms with Gasteiger partial charge in [0.05, 0.1) is 4.90 Å². The lowest BCUT2D eigenvalue weighted by Crippen LogP contribution is -2.65. The lowest BCUT2D eigenvalue weighted by Gasteiger charge is -2.34. The van der Waals surface area contributed by atoms with Crippen molar-refractivity contribution < 1.29 is 66.2 Å². The number of hydrogen-bond donors (Lipinski definition) is 2. The van der Waals surface area contributed by atoms with Crippen LogP contribution in [0.25, 0.3) is 0 Å². The third-order valence-electron chi connectivity index (χ3n) is 3.28. The summed E-state index contributed by atoms with van der Waals surface area (Å²) >= 11 is 0. The van der Waals surface area contributed by atoms with E-state index in [1.807, 2.05) is 4.74 Å². The number of carbonyl (C=O) groups excluding carboxylic acids is 1. The van der Waals surface area contributed by atoms with E-state index in [0.29, 0.717) is 11.0 Å². The van der Waals surface area contributed by atoms with Gasteiger partial charge in [-0.1, -0.05) is 17.7 Å². The van der Waals surface area contributed by atoms with Crippen LogP contribution in [-0.4, -0.2) is 44.6 Å². The number of rotatable bonds is 7. The molecule has 0 aliphatic rings. The zero-order valence-electron chi connectivity index (χ0n) is 14.5. The van der Waals surface area contributed by atoms with E-state index in [0.717, 1.165) is 29.1 Å². The molecule has 0 aliphatic carbocycles. The van der Waals surface area contributed by atoms with Gasteiger partial charge in [-0.05, 0) is 19.1 Å². The van der Waals surface area contributed by atoms with Crippen LogP contribution in [0.1, 0.15) is 5.56 Å². The molecule has 31 heavy (non-hydrogen) atoms. The minimum atomic E-state index is -7.37. The maximum absolute atomic E-state index is 14.0. The van der Waals surface area contributed by atoms with Crippen LogP contribution in [0.5, 0.6) is 0 Å². The minimum Gasteiger partial charge on any atom is -0.272 e. The molecule has 0 fully saturated rings. The second-order valence-corrected chi connectivity index (χ2v) is 7.34. The Hall–Kier alpha value is -2.21. The van der Waals surface area contributed by atoms with Crippen LogP contribution in [0.2, 0.25) is 0 Å². The number of carbonyl (C=O) groups is 1. The summed E-state index contributed by atoms with van der Waals surface area (Å²) in [6.45, 7) is 1.49. The summed E-state index contributed by atoms with van der Waals surface area (Å²) < 4.78 is 166. The summed E-state index contributed by atoms with van der Waals surface area (Å²) in [7, 11) is -4.96. The van der Waals surface area contributed by atoms with Crippen LogP contribution in [0.4, 0.5) is 48.3 Å². The molecule has 1 unspecified atom stereocenters. The van der Waals surface area contributed by atoms with E-state index in [4.69, 9.17) is 0 Å². The van der Waals surface area contributed by atoms with Gasteiger partial charge >= 0.3 is 36.1 Å². The van der Waals surface area contributed by atoms with E-state index in [9.17, 15) is 61.5 Å². The standard InChI is InChI=1S/C13H9F11N2O4S/c1-6-2-4-7(5-3-6)31(28,29)26-25-8(27)9(14,11(17,18)19)30-13(23,24)10(15,16)12(20,21)22/h2-5,26H,1H3,(H,25,27). The van der Waals surface area contributed by atoms with Crippen molar-refractivity contribution in [1.29, 1.82) is 0 Å². The van der Waals surface area contributed by atoms with Gasteiger partial charge in [-0.2, -0.15) is 48.3 Å². The van der Waals surface area contributed by atoms with Crippen LogP contribution in [0.3, 0.4) is 0 Å². The first-order valence-electron chi connectivity index (χ1n) is 7.25. The highest BCUT2D eigenvalue weighted by Crippen LogP contribution is 2.50. The molecule has 0 radical (unpaired) electrons. The van der Waals surface area contributed by atoms with Gasteiger partial charge in [-0.3, -0.25) is 15.0 Å². The molecule has 18 heteroatoms. The summed E-state index contributed by atoms with van der Waals surface area (Å²) in [5.74, 6) is -17.4. The Bertz CT molecular complexity index is 913. The van der Waals surface area contributed by atoms with Crippen molar-refractivity contribution in [3.8, 4) is 0 Å². The Labute approximate surface area is 165 Å². The third-order valence-corrected chi connectivity index (χ3v) is 4.54. The lowest BCUT2D eigenvalue weighted by atomic mass is 10.2. The second-order valence-electron chi connectivity index (χ2n) is 5.66. The Morgan fingerprint density at radius 1 is 0.839 bits per heavy atom. The SMILES string of the molecule is Cc1ccc(S(=O)(=O)NNC(=O)C(F)(OC(F)(F)C(F)(F)C(F)(F)F)C(F)(F)F)cc1. The van der Waals surface area contributed by atoms with Crippen LogP contribution >= 0.6 is 0 Å². The molecule has 0 aromatic heterocycles. The highest BCUT2D eigenvalue weighted by atomic mass is 32.2. The highest BCUT2D eigenvalue weighted by Gasteiger charge is 2.79. The van der Waals surface area contributed by atoms with Crippen molar-refractivity contribution in [1.82, 2.24) is 10.3 Å². The molecule has 0 aliphatic heterocycles. The molecule has 0 saturated heterocycles. The molecular weight excluding hydrogens is 489 g/mol. The maximum Gasteiger partial charge on any atom is 0.462 e. The molecule has 1 amide bonds. The normalized spacial score (nSPS) is 16.0. The first-order chi connectivity index (χ1) is 13.6. The van der Waals surface area contributed by atoms with Crippen LogP contribution in [0, 0.1) is 6.92 Å². The van der Waals surface area contributed by atoms with Crippen molar-refractivity contribution >= 4 is 15.9 Å². The minimum absolute atomic E-state index is 0.440. The van der Waals surface area contributed by atoms with Gasteiger partial charge in [0.15, 0.2) is 0 Å². The Kier molecular flexibility index (Phi) is 6.96. The molecule has 6 nitrogen and oxygen atoms in total. The molecule has 178 valence electrons. The van der Waals surface area contributed by atoms with E-state index in [2.05, 4.69) is 0 Å². The fourth-order valence-electron chi connectivity index (χ4n) is 1.61. The smallest absolute Gasteiger partial charge is 0.272 e. The molecule has 1 aromatic rings. The number of nitrogens with one attached hydrogen (secondary N) is 2. The second kappa shape index (κ2) is 8.05. The topological polar surface area (TPSA) is 84.5 Å². The Balaban J connectivity index is 3.22. The monoisotopic (exact) mass is 498 g/mol. The predicted octanol–water partition coefficient (Wildman–Crippen LogP) is 3.34. The number of alkyl halides is 11. The largest absolute Gasteiger partial charge is 0.462 e. The van der Waals surface area contributed by atoms with Crippen LogP contribution in [0.15, 0.2) is 29.2 Å². The Morgan fingerprint density at radius 2 is 1.29 bits per heavy atom. The fourth-order valence-corrected chi connectivity index (χ4v) is 2.45. The molecule has 0 saturated carbocycles. The number of hydrogen-bond acceptors (Lipinski definition) is 4. The average Bonchev–Trinajstić information content (AvgIpc) is 2.57. The zero-order chi connectivity index (χ0) is 24.7. The van der Waals surface area contributed by atoms with Gasteiger partial charge < -0.3 is 0 Å². The molecule has 1 atom stereocenters. The van der Waals surface area contributed by atoms with Crippen molar-refractivity contribution in [2.24, 2.45) is 0 Å². The molecule has 1 aromatic carbocycles. The van der Waals surface area contributed by atoms with E-state index >= 15 is 0 Å². The van der Waals surface area contributed by atoms with Crippen LogP contribution < -0.4 is 10.3 Å². The summed E-state index contributed by atoms with van der Waals surface area (Å²) in [4.78, 5) is 11.5. The quantitative estimate of drug-likeness (QED) is 0.447. The first kappa shape index (κ1) is 26.8. The van der Waals surface area contributed by atoms with Gasteiger partial charge in [0.25, 0.3) is 10.0 Å². The number of halogens is 11. The van der Waals surface area contributed by atoms with Gasteiger partial charge in [-0.25, -0.2) is 8.42 Å². The number of aryl methyl sites for hydroxylation is 1. The maximum atomic E-state index is 14.0. The van der Waals surface area contributed by atoms with Crippen molar-refractivity contribution in [3.63, 3.8) is 0 Å². The number of ether oxygens (including phenoxy) is 1. The molecule has 1 rings (SSSR count). The summed E-state index contributed by atoms with van der Waals surface area (Å²) in [5, 5.41) is 0. The average molecular weight is 498 g/mol. The van der Waals surface area contributed by atoms with Crippen molar-refractivity contribution in [2.75, 3.05) is 0 Å². The van der Waals surface area contributed by atoms with Gasteiger partial charge in [-0.15, -0.1) is 4.83 Å². The molecule has 0 spiro atoms. The Morgan fingerprint density at radius 3 is 1.68 bits per heavy atom. The number of benzene rings is 1. The molecule has 0 heterocycles. The third kappa shape index (κ3) is 5.35. The van der Waals surface area contributed by atoms with E-state index in [-0.39, 0.29) is 0 Å². The van der Waals surface area contributed by atoms with E-state index in [1.54, 1.807) is 0 Å². The summed E-state index contributed by atoms with van der Waals surface area (Å²) in [5.41, 5.74) is 0.929. The van der Waals surface area contributed by atoms with Crippen LogP contribution in [-0.2, 0) is 19.6 Å². The van der Waals surface area contributed by atoms with Gasteiger partial charge in [0.2, 0.25) is 0 Å². The zero-order valence-corrected chi connectivity index (χ0v) is 15.3. The predicted molar refractivity (Wildman–Crippen MR) is 76.6 cm³/mol. The summed E-state index contributed by atoms with van der Waals surface area (Å²) in [6, 6.07) is 4.00. The number of amides is 1. The number of hydrazine groups is 1. The van der Waals surface area contributed by atoms with Gasteiger partial charge in [0.1, 0.15) is 0 Å². The van der Waals surface area contributed by atoms with Crippen molar-refractivity contribution in [2.45, 2.75) is 42.1 Å². The van der Waals surface area contributed by atoms with E-state index in [1.165, 1.54) is 6.92 Å². The summed E-state index contributed by atoms with van der Waals surface area (Å²) in [6.07, 6.45) is -21.4. The first-order valence-corrected chi connectivity index (χ1v) is 8.74. The number of sulfonamides is 1. The van der Waals surface area contributed by atoms with Gasteiger partial charge in [0, 0.05) is 0 Å². The fraction of sp³-hybridized carbons (Fsp3) is 0.462.